The van der Waals surface area contributed by atoms with Crippen molar-refractivity contribution in [3.63, 3.8) is 0 Å². The van der Waals surface area contributed by atoms with Gasteiger partial charge in [0, 0.05) is 75.4 Å². The molecule has 7 atom stereocenters. The van der Waals surface area contributed by atoms with Crippen LogP contribution in [0.5, 0.6) is 0 Å². The van der Waals surface area contributed by atoms with Gasteiger partial charge < -0.3 is 60.5 Å². The lowest BCUT2D eigenvalue weighted by Crippen LogP contribution is -2.65. The van der Waals surface area contributed by atoms with E-state index in [1.165, 1.54) is 73.8 Å². The fourth-order valence-electron chi connectivity index (χ4n) is 12.7. The van der Waals surface area contributed by atoms with Crippen LogP contribution >= 0.6 is 0 Å². The van der Waals surface area contributed by atoms with Crippen molar-refractivity contribution in [3.05, 3.63) is 34.9 Å². The van der Waals surface area contributed by atoms with Crippen molar-refractivity contribution in [1.82, 2.24) is 54.7 Å². The number of amides is 12. The predicted molar refractivity (Wildman–Crippen MR) is 338 cm³/mol. The lowest BCUT2D eigenvalue weighted by atomic mass is 9.90. The molecule has 0 unspecified atom stereocenters. The second-order valence-electron chi connectivity index (χ2n) is 26.3. The van der Waals surface area contributed by atoms with Gasteiger partial charge in [0.15, 0.2) is 0 Å². The third kappa shape index (κ3) is 20.3. The van der Waals surface area contributed by atoms with Crippen LogP contribution in [0.15, 0.2) is 12.1 Å². The number of benzene rings is 1. The Morgan fingerprint density at radius 1 is 0.660 bits per heavy atom. The van der Waals surface area contributed by atoms with Crippen molar-refractivity contribution in [2.24, 2.45) is 23.5 Å². The number of likely N-dealkylation sites (N-methyl/N-ethyl adjacent to an activating group) is 8. The number of rotatable bonds is 32. The van der Waals surface area contributed by atoms with Crippen molar-refractivity contribution >= 4 is 70.9 Å². The molecule has 1 saturated heterocycles. The molecule has 12 amide bonds. The first-order valence-corrected chi connectivity index (χ1v) is 32.7. The van der Waals surface area contributed by atoms with Crippen molar-refractivity contribution in [3.8, 4) is 0 Å². The van der Waals surface area contributed by atoms with Gasteiger partial charge in [0.1, 0.15) is 59.0 Å². The van der Waals surface area contributed by atoms with Crippen LogP contribution in [0.2, 0.25) is 0 Å². The molecule has 94 heavy (non-hydrogen) atoms. The zero-order valence-corrected chi connectivity index (χ0v) is 57.3. The second-order valence-corrected chi connectivity index (χ2v) is 26.3. The van der Waals surface area contributed by atoms with Gasteiger partial charge in [-0.15, -0.1) is 0 Å². The van der Waals surface area contributed by atoms with Crippen LogP contribution in [0.3, 0.4) is 0 Å². The predicted octanol–water partition coefficient (Wildman–Crippen LogP) is 3.94. The highest BCUT2D eigenvalue weighted by atomic mass is 19.4. The summed E-state index contributed by atoms with van der Waals surface area (Å²) >= 11 is 0. The Kier molecular flexibility index (Phi) is 29.2. The number of alkyl halides is 3. The number of nitrogens with one attached hydrogen (secondary N) is 2. The molecule has 0 bridgehead atoms. The van der Waals surface area contributed by atoms with Gasteiger partial charge in [0.25, 0.3) is 0 Å². The minimum absolute atomic E-state index is 0.000856. The highest BCUT2D eigenvalue weighted by Crippen LogP contribution is 2.38. The quantitative estimate of drug-likeness (QED) is 0.0866. The molecule has 1 aromatic rings. The van der Waals surface area contributed by atoms with E-state index in [9.17, 15) is 69.9 Å². The molecule has 0 aromatic heterocycles. The zero-order valence-electron chi connectivity index (χ0n) is 57.3. The van der Waals surface area contributed by atoms with E-state index < -0.39 is 175 Å². The molecule has 3 aliphatic rings. The Labute approximate surface area is 549 Å². The number of carbonyl (C=O) groups excluding carboxylic acids is 12. The maximum absolute atomic E-state index is 15.3. The van der Waals surface area contributed by atoms with Crippen molar-refractivity contribution in [2.75, 3.05) is 88.6 Å². The van der Waals surface area contributed by atoms with Crippen molar-refractivity contribution in [1.29, 1.82) is 0 Å². The Hall–Kier alpha value is -7.49. The number of likely N-dealkylation sites (tertiary alicyclic amines) is 1. The molecule has 4 rings (SSSR count). The molecule has 1 heterocycles. The van der Waals surface area contributed by atoms with E-state index in [-0.39, 0.29) is 81.5 Å². The topological polar surface area (TPSA) is 284 Å². The van der Waals surface area contributed by atoms with Crippen LogP contribution in [0, 0.1) is 29.4 Å². The van der Waals surface area contributed by atoms with Crippen LogP contribution < -0.4 is 16.4 Å². The minimum atomic E-state index is -5.39. The number of primary amides is 1. The molecule has 4 N–H and O–H groups in total. The minimum Gasteiger partial charge on any atom is -0.368 e. The molecule has 29 heteroatoms. The van der Waals surface area contributed by atoms with Crippen molar-refractivity contribution < 1.29 is 79.5 Å². The summed E-state index contributed by atoms with van der Waals surface area (Å²) in [4.78, 5) is 179. The lowest BCUT2D eigenvalue weighted by Gasteiger charge is -2.42. The van der Waals surface area contributed by atoms with E-state index in [2.05, 4.69) is 10.6 Å². The first-order valence-electron chi connectivity index (χ1n) is 32.7. The number of hydrogen-bond acceptors (Lipinski definition) is 12. The van der Waals surface area contributed by atoms with Gasteiger partial charge in [0.05, 0.1) is 26.1 Å². The summed E-state index contributed by atoms with van der Waals surface area (Å²) in [7, 11) is 9.89. The maximum atomic E-state index is 15.3. The summed E-state index contributed by atoms with van der Waals surface area (Å²) in [6, 6.07) is -6.48. The standard InChI is InChI=1S/C65H101F5N12O12/c1-15-40(6)32-51(84)76(11)41(7)59(90)81(17-3)38-54(87)80(16-2)37-53(86)75(10)36-50(83)72-46(27-26-42-33-44(66)55(45(67)34-42)65(68,69)70)60(91)82-30-22-25-47(82)58(89)73-64(28-20-21-29-64)63(94)79(14)56(43-23-18-19-24-43)62(93)78(13)49(61(92)74(8)9)35-52(85)77(12)48(57(71)88)31-39(4)5/h33-34,39-41,43,46-49,56H,15-32,35-38H2,1-14H3,(H2,71,88)(H,72,83)(H,73,89)/t40-,41-,46-,47-,48-,49-,56-/m0/s1. The fraction of sp³-hybridized carbons (Fsp3) is 0.723. The first-order chi connectivity index (χ1) is 43.9. The first kappa shape index (κ1) is 79.0. The van der Waals surface area contributed by atoms with E-state index in [0.29, 0.717) is 37.8 Å². The van der Waals surface area contributed by atoms with E-state index in [1.807, 2.05) is 27.7 Å². The molecule has 1 aliphatic heterocycles. The Morgan fingerprint density at radius 3 is 1.74 bits per heavy atom. The van der Waals surface area contributed by atoms with Crippen molar-refractivity contribution in [2.45, 2.75) is 199 Å². The average molecular weight is 1340 g/mol. The number of nitrogens with zero attached hydrogens (tertiary/aromatic N) is 9. The third-order valence-electron chi connectivity index (χ3n) is 18.9. The number of hydrogen-bond donors (Lipinski definition) is 3. The van der Waals surface area contributed by atoms with Gasteiger partial charge in [-0.1, -0.05) is 59.8 Å². The Morgan fingerprint density at radius 2 is 1.22 bits per heavy atom. The van der Waals surface area contributed by atoms with Crippen LogP contribution in [0.25, 0.3) is 0 Å². The Bertz CT molecular complexity index is 2880. The second kappa shape index (κ2) is 34.8. The largest absolute Gasteiger partial charge is 0.422 e. The van der Waals surface area contributed by atoms with Gasteiger partial charge in [-0.2, -0.15) is 13.2 Å². The fourth-order valence-corrected chi connectivity index (χ4v) is 12.7. The molecule has 0 spiro atoms. The highest BCUT2D eigenvalue weighted by molar-refractivity contribution is 6.00. The summed E-state index contributed by atoms with van der Waals surface area (Å²) in [5, 5.41) is 5.49. The molecule has 2 aliphatic carbocycles. The van der Waals surface area contributed by atoms with Crippen LogP contribution in [-0.2, 0) is 70.1 Å². The number of nitrogens with two attached hydrogens (primary N) is 1. The highest BCUT2D eigenvalue weighted by Gasteiger charge is 2.51. The summed E-state index contributed by atoms with van der Waals surface area (Å²) in [6.07, 6.45) is -1.68. The van der Waals surface area contributed by atoms with Gasteiger partial charge in [-0.25, -0.2) is 8.78 Å². The SMILES string of the molecule is CC[C@H](C)CC(=O)N(C)[C@@H](C)C(=O)N(CC)CC(=O)N(CC)CC(=O)N(C)CC(=O)N[C@@H](CCc1cc(F)c(C(F)(F)F)c(F)c1)C(=O)N1CCC[C@H]1C(=O)NC1(C(=O)N(C)[C@H](C(=O)N(C)[C@@H](CC(=O)N(C)[C@@H](CC(C)C)C(N)=O)C(=O)N(C)C)C2CCCC2)CCCC1. The number of halogens is 5. The van der Waals surface area contributed by atoms with E-state index in [4.69, 9.17) is 5.73 Å². The van der Waals surface area contributed by atoms with E-state index >= 15 is 9.59 Å². The molecular formula is C65H101F5N12O12. The molecule has 24 nitrogen and oxygen atoms in total. The van der Waals surface area contributed by atoms with Crippen LogP contribution in [0.1, 0.15) is 156 Å². The maximum Gasteiger partial charge on any atom is 0.422 e. The van der Waals surface area contributed by atoms with Crippen LogP contribution in [-0.4, -0.2) is 245 Å². The average Bonchev–Trinajstić information content (AvgIpc) is 1.42. The molecule has 1 aromatic carbocycles. The zero-order chi connectivity index (χ0) is 71.0. The summed E-state index contributed by atoms with van der Waals surface area (Å²) < 4.78 is 70.7. The smallest absolute Gasteiger partial charge is 0.368 e. The van der Waals surface area contributed by atoms with Gasteiger partial charge >= 0.3 is 6.18 Å². The molecule has 0 radical (unpaired) electrons. The monoisotopic (exact) mass is 1340 g/mol. The molecule has 528 valence electrons. The molecule has 2 saturated carbocycles. The molecular weight excluding hydrogens is 1240 g/mol. The summed E-state index contributed by atoms with van der Waals surface area (Å²) in [5.41, 5.74) is 1.64. The summed E-state index contributed by atoms with van der Waals surface area (Å²) in [6.45, 7) is 10.7. The third-order valence-corrected chi connectivity index (χ3v) is 18.9. The summed E-state index contributed by atoms with van der Waals surface area (Å²) in [5.74, 6) is -12.1. The van der Waals surface area contributed by atoms with Gasteiger partial charge in [-0.05, 0) is 114 Å². The van der Waals surface area contributed by atoms with Gasteiger partial charge in [0.2, 0.25) is 70.9 Å². The Balaban J connectivity index is 1.60. The number of aryl methyl sites for hydroxylation is 1. The van der Waals surface area contributed by atoms with Gasteiger partial charge in [-0.3, -0.25) is 57.5 Å². The van der Waals surface area contributed by atoms with E-state index in [1.54, 1.807) is 20.8 Å². The number of carbonyl (C=O) groups is 12. The van der Waals surface area contributed by atoms with E-state index in [0.717, 1.165) is 38.9 Å². The normalized spacial score (nSPS) is 17.4. The van der Waals surface area contributed by atoms with Crippen LogP contribution in [0.4, 0.5) is 22.0 Å². The lowest BCUT2D eigenvalue weighted by molar-refractivity contribution is -0.156. The molecule has 3 fully saturated rings.